The first-order valence-corrected chi connectivity index (χ1v) is 8.83. The Kier molecular flexibility index (Phi) is 5.62. The number of nitrogens with one attached hydrogen (secondary N) is 1. The van der Waals surface area contributed by atoms with Crippen LogP contribution in [0.25, 0.3) is 0 Å². The number of aromatic nitrogens is 1. The topological polar surface area (TPSA) is 65.5 Å². The highest BCUT2D eigenvalue weighted by Gasteiger charge is 2.36. The molecule has 2 aliphatic rings. The fourth-order valence-corrected chi connectivity index (χ4v) is 3.61. The number of aliphatic hydroxyl groups excluding tert-OH is 1. The average Bonchev–Trinajstić information content (AvgIpc) is 2.79. The van der Waals surface area contributed by atoms with E-state index in [-0.39, 0.29) is 24.0 Å². The lowest BCUT2D eigenvalue weighted by atomic mass is 9.76. The largest absolute Gasteiger partial charge is 0.393 e. The van der Waals surface area contributed by atoms with Crippen LogP contribution in [0.15, 0.2) is 24.4 Å². The number of nitrogens with zero attached hydrogens (tertiary/aromatic N) is 2. The zero-order chi connectivity index (χ0) is 16.1. The zero-order valence-corrected chi connectivity index (χ0v) is 13.7. The number of hydrogen-bond donors (Lipinski definition) is 2. The fraction of sp³-hybridized carbons (Fsp3) is 0.667. The second-order valence-electron chi connectivity index (χ2n) is 6.88. The van der Waals surface area contributed by atoms with Gasteiger partial charge >= 0.3 is 0 Å². The minimum absolute atomic E-state index is 0.0731. The number of carbonyl (C=O) groups excluding carboxylic acids is 1. The lowest BCUT2D eigenvalue weighted by Crippen LogP contribution is -2.45. The first-order valence-electron chi connectivity index (χ1n) is 8.83. The van der Waals surface area contributed by atoms with Crippen LogP contribution in [0.4, 0.5) is 0 Å². The molecule has 1 unspecified atom stereocenters. The first-order chi connectivity index (χ1) is 11.2. The van der Waals surface area contributed by atoms with E-state index in [9.17, 15) is 9.90 Å². The third-order valence-corrected chi connectivity index (χ3v) is 5.01. The van der Waals surface area contributed by atoms with Crippen LogP contribution in [0.2, 0.25) is 0 Å². The van der Waals surface area contributed by atoms with Crippen molar-refractivity contribution in [1.82, 2.24) is 15.2 Å². The van der Waals surface area contributed by atoms with Crippen molar-refractivity contribution < 1.29 is 9.90 Å². The molecule has 1 atom stereocenters. The van der Waals surface area contributed by atoms with Gasteiger partial charge in [-0.25, -0.2) is 0 Å². The molecule has 0 aromatic carbocycles. The van der Waals surface area contributed by atoms with Gasteiger partial charge in [-0.1, -0.05) is 18.9 Å². The van der Waals surface area contributed by atoms with E-state index in [1.165, 1.54) is 25.7 Å². The molecule has 0 bridgehead atoms. The number of aliphatic hydroxyl groups is 1. The molecule has 2 fully saturated rings. The lowest BCUT2D eigenvalue weighted by Gasteiger charge is -2.38. The molecular formula is C18H27N3O2. The van der Waals surface area contributed by atoms with Gasteiger partial charge in [0.2, 0.25) is 5.91 Å². The van der Waals surface area contributed by atoms with Crippen molar-refractivity contribution in [3.8, 4) is 0 Å². The molecule has 2 heterocycles. The van der Waals surface area contributed by atoms with Crippen molar-refractivity contribution >= 4 is 5.91 Å². The summed E-state index contributed by atoms with van der Waals surface area (Å²) < 4.78 is 0. The number of amides is 1. The van der Waals surface area contributed by atoms with Gasteiger partial charge in [-0.05, 0) is 56.8 Å². The van der Waals surface area contributed by atoms with E-state index in [1.807, 2.05) is 18.2 Å². The molecule has 2 N–H and O–H groups in total. The molecule has 5 heteroatoms. The summed E-state index contributed by atoms with van der Waals surface area (Å²) in [4.78, 5) is 19.2. The van der Waals surface area contributed by atoms with Gasteiger partial charge in [0.05, 0.1) is 24.4 Å². The molecule has 1 aliphatic heterocycles. The summed E-state index contributed by atoms with van der Waals surface area (Å²) in [7, 11) is 0. The van der Waals surface area contributed by atoms with Crippen molar-refractivity contribution in [2.75, 3.05) is 19.6 Å². The Balaban J connectivity index is 1.60. The molecule has 23 heavy (non-hydrogen) atoms. The van der Waals surface area contributed by atoms with Crippen LogP contribution in [0.5, 0.6) is 0 Å². The Morgan fingerprint density at radius 3 is 2.61 bits per heavy atom. The summed E-state index contributed by atoms with van der Waals surface area (Å²) in [5.74, 6) is 0.358. The highest BCUT2D eigenvalue weighted by molar-refractivity contribution is 5.78. The van der Waals surface area contributed by atoms with Gasteiger partial charge in [0.25, 0.3) is 0 Å². The van der Waals surface area contributed by atoms with Crippen molar-refractivity contribution in [3.63, 3.8) is 0 Å². The first kappa shape index (κ1) is 16.4. The van der Waals surface area contributed by atoms with Crippen LogP contribution in [0.3, 0.4) is 0 Å². The number of carbonyl (C=O) groups is 1. The molecule has 0 spiro atoms. The molecular weight excluding hydrogens is 290 g/mol. The quantitative estimate of drug-likeness (QED) is 0.870. The monoisotopic (exact) mass is 317 g/mol. The third kappa shape index (κ3) is 4.52. The molecule has 1 amide bonds. The average molecular weight is 317 g/mol. The van der Waals surface area contributed by atoms with Gasteiger partial charge in [-0.3, -0.25) is 14.7 Å². The van der Waals surface area contributed by atoms with Crippen LogP contribution in [-0.2, 0) is 4.79 Å². The maximum atomic E-state index is 12.5. The second-order valence-corrected chi connectivity index (χ2v) is 6.88. The minimum Gasteiger partial charge on any atom is -0.393 e. The number of hydrogen-bond acceptors (Lipinski definition) is 4. The third-order valence-electron chi connectivity index (χ3n) is 5.01. The van der Waals surface area contributed by atoms with Crippen molar-refractivity contribution in [1.29, 1.82) is 0 Å². The highest BCUT2D eigenvalue weighted by atomic mass is 16.3. The molecule has 126 valence electrons. The number of pyridine rings is 1. The van der Waals surface area contributed by atoms with Gasteiger partial charge < -0.3 is 10.4 Å². The van der Waals surface area contributed by atoms with Crippen molar-refractivity contribution in [3.05, 3.63) is 30.1 Å². The van der Waals surface area contributed by atoms with E-state index in [0.717, 1.165) is 31.6 Å². The summed E-state index contributed by atoms with van der Waals surface area (Å²) in [6.45, 7) is 2.51. The maximum absolute atomic E-state index is 12.5. The van der Waals surface area contributed by atoms with Gasteiger partial charge in [-0.2, -0.15) is 0 Å². The summed E-state index contributed by atoms with van der Waals surface area (Å²) in [6, 6.07) is 5.71. The van der Waals surface area contributed by atoms with Crippen LogP contribution in [0.1, 0.15) is 50.3 Å². The SMILES string of the molecule is O=C(CN1CCCCCC1)NC(c1ccccn1)C1CC(O)C1. The summed E-state index contributed by atoms with van der Waals surface area (Å²) >= 11 is 0. The minimum atomic E-state index is -0.228. The number of rotatable bonds is 5. The molecule has 1 saturated heterocycles. The maximum Gasteiger partial charge on any atom is 0.234 e. The van der Waals surface area contributed by atoms with Crippen LogP contribution in [-0.4, -0.2) is 46.6 Å². The van der Waals surface area contributed by atoms with Crippen LogP contribution >= 0.6 is 0 Å². The van der Waals surface area contributed by atoms with E-state index in [4.69, 9.17) is 0 Å². The number of likely N-dealkylation sites (tertiary alicyclic amines) is 1. The summed E-state index contributed by atoms with van der Waals surface area (Å²) in [5, 5.41) is 12.8. The highest BCUT2D eigenvalue weighted by Crippen LogP contribution is 2.37. The molecule has 1 aromatic rings. The summed E-state index contributed by atoms with van der Waals surface area (Å²) in [6.07, 6.45) is 7.93. The molecule has 1 aromatic heterocycles. The Morgan fingerprint density at radius 1 is 1.26 bits per heavy atom. The second kappa shape index (κ2) is 7.88. The van der Waals surface area contributed by atoms with E-state index < -0.39 is 0 Å². The zero-order valence-electron chi connectivity index (χ0n) is 13.7. The standard InChI is InChI=1S/C18H27N3O2/c22-15-11-14(12-15)18(16-7-3-4-8-19-16)20-17(23)13-21-9-5-1-2-6-10-21/h3-4,7-8,14-15,18,22H,1-2,5-6,9-13H2,(H,20,23). The molecule has 1 saturated carbocycles. The normalized spacial score (nSPS) is 26.8. The van der Waals surface area contributed by atoms with Gasteiger partial charge in [0.1, 0.15) is 0 Å². The van der Waals surface area contributed by atoms with Crippen molar-refractivity contribution in [2.24, 2.45) is 5.92 Å². The summed E-state index contributed by atoms with van der Waals surface area (Å²) in [5.41, 5.74) is 0.897. The van der Waals surface area contributed by atoms with Crippen molar-refractivity contribution in [2.45, 2.75) is 50.7 Å². The molecule has 1 aliphatic carbocycles. The smallest absolute Gasteiger partial charge is 0.234 e. The molecule has 0 radical (unpaired) electrons. The fourth-order valence-electron chi connectivity index (χ4n) is 3.61. The van der Waals surface area contributed by atoms with E-state index >= 15 is 0 Å². The van der Waals surface area contributed by atoms with E-state index in [1.54, 1.807) is 6.20 Å². The van der Waals surface area contributed by atoms with Gasteiger partial charge in [0, 0.05) is 6.20 Å². The predicted octanol–water partition coefficient (Wildman–Crippen LogP) is 1.89. The van der Waals surface area contributed by atoms with E-state index in [0.29, 0.717) is 6.54 Å². The Labute approximate surface area is 138 Å². The molecule has 3 rings (SSSR count). The lowest BCUT2D eigenvalue weighted by molar-refractivity contribution is -0.124. The van der Waals surface area contributed by atoms with Gasteiger partial charge in [0.15, 0.2) is 0 Å². The van der Waals surface area contributed by atoms with E-state index in [2.05, 4.69) is 15.2 Å². The predicted molar refractivity (Wildman–Crippen MR) is 88.8 cm³/mol. The van der Waals surface area contributed by atoms with Gasteiger partial charge in [-0.15, -0.1) is 0 Å². The van der Waals surface area contributed by atoms with Crippen LogP contribution in [0, 0.1) is 5.92 Å². The Bertz CT molecular complexity index is 494. The Hall–Kier alpha value is -1.46. The van der Waals surface area contributed by atoms with Crippen LogP contribution < -0.4 is 5.32 Å². The Morgan fingerprint density at radius 2 is 2.00 bits per heavy atom. The molecule has 5 nitrogen and oxygen atoms in total.